The molecule has 0 saturated carbocycles. The van der Waals surface area contributed by atoms with Gasteiger partial charge in [0.2, 0.25) is 0 Å². The molecule has 1 aromatic carbocycles. The summed E-state index contributed by atoms with van der Waals surface area (Å²) in [5.41, 5.74) is 1.54. The Bertz CT molecular complexity index is 698. The van der Waals surface area contributed by atoms with Gasteiger partial charge >= 0.3 is 0 Å². The molecule has 2 aromatic rings. The smallest absolute Gasteiger partial charge is 0.259 e. The second-order valence-corrected chi connectivity index (χ2v) is 5.91. The van der Waals surface area contributed by atoms with E-state index in [4.69, 9.17) is 16.3 Å². The van der Waals surface area contributed by atoms with E-state index < -0.39 is 0 Å². The first kappa shape index (κ1) is 13.5. The van der Waals surface area contributed by atoms with Crippen molar-refractivity contribution >= 4 is 23.4 Å². The molecule has 0 N–H and O–H groups in total. The topological polar surface area (TPSA) is 44.1 Å². The van der Waals surface area contributed by atoms with Gasteiger partial charge in [0.05, 0.1) is 12.7 Å². The quantitative estimate of drug-likeness (QED) is 0.646. The number of thioether (sulfide) groups is 1. The molecule has 0 radical (unpaired) electrons. The Morgan fingerprint density at radius 1 is 1.40 bits per heavy atom. The Balaban J connectivity index is 1.96. The standard InChI is InChI=1S/C14H13ClN2O2S/c1-19-10-4-2-9(3-5-10)8-11-12(15)16-14-17(13(11)18)6-7-20-14/h2-5H,6-8H2,1H3. The van der Waals surface area contributed by atoms with E-state index in [9.17, 15) is 4.79 Å². The van der Waals surface area contributed by atoms with Gasteiger partial charge in [0.15, 0.2) is 5.16 Å². The summed E-state index contributed by atoms with van der Waals surface area (Å²) in [5.74, 6) is 1.67. The number of ether oxygens (including phenoxy) is 1. The highest BCUT2D eigenvalue weighted by Gasteiger charge is 2.19. The fourth-order valence-electron chi connectivity index (χ4n) is 2.18. The lowest BCUT2D eigenvalue weighted by molar-refractivity contribution is 0.414. The number of benzene rings is 1. The molecule has 6 heteroatoms. The first-order valence-corrected chi connectivity index (χ1v) is 7.60. The van der Waals surface area contributed by atoms with Crippen LogP contribution in [0.1, 0.15) is 11.1 Å². The maximum atomic E-state index is 12.4. The van der Waals surface area contributed by atoms with Crippen molar-refractivity contribution < 1.29 is 4.74 Å². The lowest BCUT2D eigenvalue weighted by Crippen LogP contribution is -2.25. The van der Waals surface area contributed by atoms with E-state index >= 15 is 0 Å². The third kappa shape index (κ3) is 2.43. The minimum absolute atomic E-state index is 0.0270. The fraction of sp³-hybridized carbons (Fsp3) is 0.286. The molecule has 3 rings (SSSR count). The molecule has 0 unspecified atom stereocenters. The number of hydrogen-bond acceptors (Lipinski definition) is 4. The average molecular weight is 309 g/mol. The maximum Gasteiger partial charge on any atom is 0.259 e. The van der Waals surface area contributed by atoms with Gasteiger partial charge in [-0.2, -0.15) is 0 Å². The van der Waals surface area contributed by atoms with Crippen molar-refractivity contribution in [3.63, 3.8) is 0 Å². The van der Waals surface area contributed by atoms with Gasteiger partial charge in [-0.15, -0.1) is 0 Å². The van der Waals surface area contributed by atoms with Gasteiger partial charge in [-0.05, 0) is 17.7 Å². The molecule has 0 amide bonds. The Morgan fingerprint density at radius 3 is 2.85 bits per heavy atom. The summed E-state index contributed by atoms with van der Waals surface area (Å²) in [5, 5.41) is 1.03. The number of nitrogens with zero attached hydrogens (tertiary/aromatic N) is 2. The van der Waals surface area contributed by atoms with Crippen LogP contribution in [0.3, 0.4) is 0 Å². The van der Waals surface area contributed by atoms with Crippen LogP contribution in [0.15, 0.2) is 34.2 Å². The number of aromatic nitrogens is 2. The Morgan fingerprint density at radius 2 is 2.15 bits per heavy atom. The van der Waals surface area contributed by atoms with Crippen LogP contribution in [0, 0.1) is 0 Å². The van der Waals surface area contributed by atoms with Gasteiger partial charge in [0.1, 0.15) is 10.9 Å². The van der Waals surface area contributed by atoms with E-state index in [0.717, 1.165) is 22.2 Å². The van der Waals surface area contributed by atoms with Crippen molar-refractivity contribution in [3.8, 4) is 5.75 Å². The maximum absolute atomic E-state index is 12.4. The second-order valence-electron chi connectivity index (χ2n) is 4.49. The van der Waals surface area contributed by atoms with Crippen LogP contribution < -0.4 is 10.3 Å². The minimum atomic E-state index is -0.0270. The van der Waals surface area contributed by atoms with E-state index in [1.165, 1.54) is 0 Å². The number of halogens is 1. The van der Waals surface area contributed by atoms with Crippen LogP contribution in [0.25, 0.3) is 0 Å². The molecule has 0 bridgehead atoms. The van der Waals surface area contributed by atoms with Gasteiger partial charge < -0.3 is 4.74 Å². The molecule has 0 saturated heterocycles. The third-order valence-electron chi connectivity index (χ3n) is 3.26. The Labute approximate surface area is 125 Å². The summed E-state index contributed by atoms with van der Waals surface area (Å²) in [6, 6.07) is 7.61. The van der Waals surface area contributed by atoms with Crippen molar-refractivity contribution in [2.75, 3.05) is 12.9 Å². The van der Waals surface area contributed by atoms with Gasteiger partial charge in [0.25, 0.3) is 5.56 Å². The molecule has 20 heavy (non-hydrogen) atoms. The number of methoxy groups -OCH3 is 1. The van der Waals surface area contributed by atoms with E-state index in [0.29, 0.717) is 23.7 Å². The Hall–Kier alpha value is -1.46. The Kier molecular flexibility index (Phi) is 3.72. The molecule has 1 aliphatic heterocycles. The van der Waals surface area contributed by atoms with Crippen molar-refractivity contribution in [2.45, 2.75) is 18.1 Å². The van der Waals surface area contributed by atoms with Gasteiger partial charge in [-0.25, -0.2) is 4.98 Å². The molecule has 0 spiro atoms. The van der Waals surface area contributed by atoms with Gasteiger partial charge in [0, 0.05) is 18.7 Å². The fourth-order valence-corrected chi connectivity index (χ4v) is 3.40. The van der Waals surface area contributed by atoms with E-state index in [1.54, 1.807) is 23.4 Å². The van der Waals surface area contributed by atoms with Crippen molar-refractivity contribution in [1.29, 1.82) is 0 Å². The molecule has 0 fully saturated rings. The molecule has 1 aliphatic rings. The number of hydrogen-bond donors (Lipinski definition) is 0. The summed E-state index contributed by atoms with van der Waals surface area (Å²) in [4.78, 5) is 16.7. The first-order valence-electron chi connectivity index (χ1n) is 6.24. The van der Waals surface area contributed by atoms with Gasteiger partial charge in [-0.1, -0.05) is 35.5 Å². The molecule has 0 aliphatic carbocycles. The lowest BCUT2D eigenvalue weighted by atomic mass is 10.1. The number of fused-ring (bicyclic) bond motifs is 1. The monoisotopic (exact) mass is 308 g/mol. The largest absolute Gasteiger partial charge is 0.497 e. The summed E-state index contributed by atoms with van der Waals surface area (Å²) in [6.07, 6.45) is 0.486. The zero-order valence-electron chi connectivity index (χ0n) is 10.9. The van der Waals surface area contributed by atoms with Crippen LogP contribution in [-0.2, 0) is 13.0 Å². The average Bonchev–Trinajstić information content (AvgIpc) is 2.92. The van der Waals surface area contributed by atoms with E-state index in [-0.39, 0.29) is 5.56 Å². The molecule has 0 atom stereocenters. The second kappa shape index (κ2) is 5.50. The molecule has 1 aromatic heterocycles. The van der Waals surface area contributed by atoms with Crippen LogP contribution in [-0.4, -0.2) is 22.4 Å². The zero-order chi connectivity index (χ0) is 14.1. The predicted molar refractivity (Wildman–Crippen MR) is 80.0 cm³/mol. The molecule has 104 valence electrons. The molecular weight excluding hydrogens is 296 g/mol. The minimum Gasteiger partial charge on any atom is -0.497 e. The van der Waals surface area contributed by atoms with Gasteiger partial charge in [-0.3, -0.25) is 9.36 Å². The van der Waals surface area contributed by atoms with Crippen LogP contribution in [0.5, 0.6) is 5.75 Å². The molecular formula is C14H13ClN2O2S. The van der Waals surface area contributed by atoms with Crippen LogP contribution in [0.2, 0.25) is 5.15 Å². The highest BCUT2D eigenvalue weighted by atomic mass is 35.5. The summed E-state index contributed by atoms with van der Waals surface area (Å²) in [7, 11) is 1.63. The van der Waals surface area contributed by atoms with Crippen molar-refractivity contribution in [1.82, 2.24) is 9.55 Å². The highest BCUT2D eigenvalue weighted by molar-refractivity contribution is 7.99. The highest BCUT2D eigenvalue weighted by Crippen LogP contribution is 2.25. The lowest BCUT2D eigenvalue weighted by Gasteiger charge is -2.08. The zero-order valence-corrected chi connectivity index (χ0v) is 12.5. The third-order valence-corrected chi connectivity index (χ3v) is 4.53. The summed E-state index contributed by atoms with van der Waals surface area (Å²) in [6.45, 7) is 0.707. The first-order chi connectivity index (χ1) is 9.69. The predicted octanol–water partition coefficient (Wildman–Crippen LogP) is 2.60. The van der Waals surface area contributed by atoms with Crippen molar-refractivity contribution in [2.24, 2.45) is 0 Å². The normalized spacial score (nSPS) is 13.3. The van der Waals surface area contributed by atoms with Crippen LogP contribution >= 0.6 is 23.4 Å². The van der Waals surface area contributed by atoms with E-state index in [2.05, 4.69) is 4.98 Å². The number of rotatable bonds is 3. The summed E-state index contributed by atoms with van der Waals surface area (Å²) < 4.78 is 6.82. The van der Waals surface area contributed by atoms with Crippen LogP contribution in [0.4, 0.5) is 0 Å². The summed E-state index contributed by atoms with van der Waals surface area (Å²) >= 11 is 7.73. The SMILES string of the molecule is COc1ccc(Cc2c(Cl)nc3n(c2=O)CCS3)cc1. The molecule has 2 heterocycles. The van der Waals surface area contributed by atoms with E-state index in [1.807, 2.05) is 24.3 Å². The molecule has 4 nitrogen and oxygen atoms in total. The van der Waals surface area contributed by atoms with Crippen molar-refractivity contribution in [3.05, 3.63) is 50.9 Å².